The van der Waals surface area contributed by atoms with Crippen LogP contribution in [-0.2, 0) is 11.0 Å². The van der Waals surface area contributed by atoms with E-state index in [1.807, 2.05) is 35.3 Å². The highest BCUT2D eigenvalue weighted by Crippen LogP contribution is 2.34. The van der Waals surface area contributed by atoms with Crippen LogP contribution in [0.15, 0.2) is 66.7 Å². The van der Waals surface area contributed by atoms with Gasteiger partial charge in [-0.05, 0) is 55.6 Å². The second-order valence-electron chi connectivity index (χ2n) is 8.30. The van der Waals surface area contributed by atoms with Gasteiger partial charge in [0.1, 0.15) is 0 Å². The van der Waals surface area contributed by atoms with Crippen molar-refractivity contribution in [1.29, 1.82) is 0 Å². The summed E-state index contributed by atoms with van der Waals surface area (Å²) >= 11 is 0. The quantitative estimate of drug-likeness (QED) is 0.594. The summed E-state index contributed by atoms with van der Waals surface area (Å²) in [5, 5.41) is 0. The van der Waals surface area contributed by atoms with Crippen molar-refractivity contribution in [2.75, 3.05) is 26.2 Å². The summed E-state index contributed by atoms with van der Waals surface area (Å²) in [6.07, 6.45) is 2.42. The highest BCUT2D eigenvalue weighted by atomic mass is 19.4. The van der Waals surface area contributed by atoms with Gasteiger partial charge in [-0.2, -0.15) is 13.2 Å². The number of benzene rings is 2. The first kappa shape index (κ1) is 21.6. The number of likely N-dealkylation sites (tertiary alicyclic amines) is 1. The Balaban J connectivity index is 1.62. The number of alkyl halides is 3. The van der Waals surface area contributed by atoms with Crippen LogP contribution in [0.5, 0.6) is 0 Å². The van der Waals surface area contributed by atoms with Crippen molar-refractivity contribution >= 4 is 5.91 Å². The normalized spacial score (nSPS) is 21.3. The third-order valence-corrected chi connectivity index (χ3v) is 6.25. The van der Waals surface area contributed by atoms with Gasteiger partial charge in [-0.15, -0.1) is 0 Å². The second kappa shape index (κ2) is 9.27. The summed E-state index contributed by atoms with van der Waals surface area (Å²) in [5.41, 5.74) is 1.02. The molecule has 1 unspecified atom stereocenters. The van der Waals surface area contributed by atoms with E-state index in [1.165, 1.54) is 25.0 Å². The zero-order valence-corrected chi connectivity index (χ0v) is 17.4. The monoisotopic (exact) mass is 428 g/mol. The highest BCUT2D eigenvalue weighted by Gasteiger charge is 2.34. The van der Waals surface area contributed by atoms with Gasteiger partial charge in [-0.25, -0.2) is 0 Å². The molecule has 4 rings (SSSR count). The van der Waals surface area contributed by atoms with E-state index in [2.05, 4.69) is 17.0 Å². The second-order valence-corrected chi connectivity index (χ2v) is 8.30. The molecule has 1 amide bonds. The van der Waals surface area contributed by atoms with Gasteiger partial charge in [-0.1, -0.05) is 54.6 Å². The van der Waals surface area contributed by atoms with Crippen molar-refractivity contribution in [2.45, 2.75) is 37.4 Å². The van der Waals surface area contributed by atoms with E-state index in [1.54, 1.807) is 0 Å². The average Bonchev–Trinajstić information content (AvgIpc) is 3.21. The molecule has 0 spiro atoms. The maximum Gasteiger partial charge on any atom is 0.416 e. The lowest BCUT2D eigenvalue weighted by atomic mass is 9.92. The van der Waals surface area contributed by atoms with Crippen LogP contribution in [0, 0.1) is 0 Å². The summed E-state index contributed by atoms with van der Waals surface area (Å²) in [5.74, 6) is -0.511. The number of carbonyl (C=O) groups is 1. The molecule has 3 nitrogen and oxygen atoms in total. The first-order valence-electron chi connectivity index (χ1n) is 10.8. The van der Waals surface area contributed by atoms with E-state index in [-0.39, 0.29) is 11.9 Å². The van der Waals surface area contributed by atoms with E-state index in [0.29, 0.717) is 18.5 Å². The Hall–Kier alpha value is -2.60. The third kappa shape index (κ3) is 5.01. The number of amides is 1. The first-order chi connectivity index (χ1) is 14.9. The molecule has 0 bridgehead atoms. The lowest BCUT2D eigenvalue weighted by molar-refractivity contribution is -0.137. The van der Waals surface area contributed by atoms with E-state index in [4.69, 9.17) is 0 Å². The molecule has 0 N–H and O–H groups in total. The minimum absolute atomic E-state index is 0.0298. The molecule has 2 atom stereocenters. The fourth-order valence-electron chi connectivity index (χ4n) is 4.54. The topological polar surface area (TPSA) is 23.6 Å². The molecule has 2 aromatic carbocycles. The first-order valence-corrected chi connectivity index (χ1v) is 10.8. The Morgan fingerprint density at radius 2 is 1.61 bits per heavy atom. The van der Waals surface area contributed by atoms with Crippen LogP contribution in [0.25, 0.3) is 0 Å². The molecule has 2 heterocycles. The van der Waals surface area contributed by atoms with Gasteiger partial charge in [-0.3, -0.25) is 4.79 Å². The maximum atomic E-state index is 13.7. The zero-order valence-electron chi connectivity index (χ0n) is 17.4. The lowest BCUT2D eigenvalue weighted by Crippen LogP contribution is -2.42. The summed E-state index contributed by atoms with van der Waals surface area (Å²) in [4.78, 5) is 18.0. The van der Waals surface area contributed by atoms with Crippen molar-refractivity contribution in [3.8, 4) is 0 Å². The minimum atomic E-state index is -4.38. The molecule has 6 heteroatoms. The number of halogens is 3. The van der Waals surface area contributed by atoms with Gasteiger partial charge in [0.15, 0.2) is 0 Å². The average molecular weight is 428 g/mol. The summed E-state index contributed by atoms with van der Waals surface area (Å²) in [6, 6.07) is 15.0. The Labute approximate surface area is 181 Å². The van der Waals surface area contributed by atoms with Crippen molar-refractivity contribution in [3.63, 3.8) is 0 Å². The van der Waals surface area contributed by atoms with Crippen molar-refractivity contribution in [3.05, 3.63) is 83.4 Å². The molecular formula is C25H27F3N2O. The summed E-state index contributed by atoms with van der Waals surface area (Å²) < 4.78 is 38.9. The van der Waals surface area contributed by atoms with Crippen LogP contribution >= 0.6 is 0 Å². The van der Waals surface area contributed by atoms with Crippen LogP contribution in [0.3, 0.4) is 0 Å². The largest absolute Gasteiger partial charge is 0.416 e. The molecule has 1 fully saturated rings. The molecule has 0 aromatic heterocycles. The number of nitrogens with zero attached hydrogens (tertiary/aromatic N) is 2. The standard InChI is InChI=1S/C25H27F3N2O/c26-25(27,28)21-13-11-19(12-14-21)22-10-4-5-17-30(24(22)31)23(18-29-15-6-7-16-29)20-8-2-1-3-9-20/h1-5,8-9,11-14,22-23H,6-7,10,15-18H2/t22?,23-/m1/s1. The smallest absolute Gasteiger partial charge is 0.330 e. The van der Waals surface area contributed by atoms with E-state index in [9.17, 15) is 18.0 Å². The predicted molar refractivity (Wildman–Crippen MR) is 115 cm³/mol. The number of hydrogen-bond donors (Lipinski definition) is 0. The maximum absolute atomic E-state index is 13.7. The molecule has 2 aliphatic rings. The van der Waals surface area contributed by atoms with Gasteiger partial charge < -0.3 is 9.80 Å². The fourth-order valence-corrected chi connectivity index (χ4v) is 4.54. The molecule has 0 radical (unpaired) electrons. The number of hydrogen-bond acceptors (Lipinski definition) is 2. The van der Waals surface area contributed by atoms with Crippen LogP contribution in [-0.4, -0.2) is 41.9 Å². The van der Waals surface area contributed by atoms with Crippen LogP contribution in [0.1, 0.15) is 47.9 Å². The Morgan fingerprint density at radius 3 is 2.26 bits per heavy atom. The fraction of sp³-hybridized carbons (Fsp3) is 0.400. The van der Waals surface area contributed by atoms with E-state index in [0.717, 1.165) is 37.3 Å². The van der Waals surface area contributed by atoms with Gasteiger partial charge in [0.2, 0.25) is 5.91 Å². The van der Waals surface area contributed by atoms with E-state index >= 15 is 0 Å². The molecule has 31 heavy (non-hydrogen) atoms. The molecule has 164 valence electrons. The molecule has 1 saturated heterocycles. The van der Waals surface area contributed by atoms with Crippen LogP contribution in [0.2, 0.25) is 0 Å². The van der Waals surface area contributed by atoms with Crippen molar-refractivity contribution < 1.29 is 18.0 Å². The Morgan fingerprint density at radius 1 is 0.935 bits per heavy atom. The van der Waals surface area contributed by atoms with Gasteiger partial charge in [0.05, 0.1) is 17.5 Å². The summed E-state index contributed by atoms with van der Waals surface area (Å²) in [6.45, 7) is 3.33. The van der Waals surface area contributed by atoms with Gasteiger partial charge in [0.25, 0.3) is 0 Å². The molecule has 0 saturated carbocycles. The SMILES string of the molecule is O=C1C(c2ccc(C(F)(F)F)cc2)CC=CCN1[C@H](CN1CCCC1)c1ccccc1. The van der Waals surface area contributed by atoms with Crippen LogP contribution < -0.4 is 0 Å². The molecule has 2 aliphatic heterocycles. The highest BCUT2D eigenvalue weighted by molar-refractivity contribution is 5.85. The minimum Gasteiger partial charge on any atom is -0.330 e. The number of carbonyl (C=O) groups excluding carboxylic acids is 1. The van der Waals surface area contributed by atoms with Crippen LogP contribution in [0.4, 0.5) is 13.2 Å². The summed E-state index contributed by atoms with van der Waals surface area (Å²) in [7, 11) is 0. The number of allylic oxidation sites excluding steroid dienone is 1. The third-order valence-electron chi connectivity index (χ3n) is 6.25. The predicted octanol–water partition coefficient (Wildman–Crippen LogP) is 5.41. The molecule has 0 aliphatic carbocycles. The molecular weight excluding hydrogens is 401 g/mol. The van der Waals surface area contributed by atoms with E-state index < -0.39 is 17.7 Å². The Kier molecular flexibility index (Phi) is 6.46. The lowest BCUT2D eigenvalue weighted by Gasteiger charge is -2.35. The Bertz CT molecular complexity index is 903. The van der Waals surface area contributed by atoms with Gasteiger partial charge in [0, 0.05) is 13.1 Å². The number of rotatable bonds is 5. The molecule has 2 aromatic rings. The van der Waals surface area contributed by atoms with Crippen molar-refractivity contribution in [1.82, 2.24) is 9.80 Å². The zero-order chi connectivity index (χ0) is 21.8. The van der Waals surface area contributed by atoms with Gasteiger partial charge >= 0.3 is 6.18 Å². The van der Waals surface area contributed by atoms with Crippen molar-refractivity contribution in [2.24, 2.45) is 0 Å².